The minimum atomic E-state index is -0.687. The van der Waals surface area contributed by atoms with Crippen molar-refractivity contribution >= 4 is 46.1 Å². The number of fused-ring (bicyclic) bond motifs is 1. The van der Waals surface area contributed by atoms with E-state index < -0.39 is 11.6 Å². The maximum atomic E-state index is 14.2. The first-order valence-corrected chi connectivity index (χ1v) is 11.3. The SMILES string of the molecule is CC(=O)CN(Cc1cc(F)cc(Cl)c1COc1cccc2c(N=C/C(F)=C\N)cc(C)nc12)C(C)=O. The molecular formula is C26H25ClF2N4O3. The summed E-state index contributed by atoms with van der Waals surface area (Å²) < 4.78 is 33.7. The second-order valence-electron chi connectivity index (χ2n) is 8.14. The summed E-state index contributed by atoms with van der Waals surface area (Å²) in [5, 5.41) is 0.740. The minimum Gasteiger partial charge on any atom is -0.487 e. The fourth-order valence-corrected chi connectivity index (χ4v) is 3.87. The number of para-hydroxylation sites is 1. The number of ether oxygens (including phenoxy) is 1. The number of aromatic nitrogens is 1. The largest absolute Gasteiger partial charge is 0.487 e. The van der Waals surface area contributed by atoms with Gasteiger partial charge in [0, 0.05) is 36.3 Å². The Bertz CT molecular complexity index is 1380. The van der Waals surface area contributed by atoms with Crippen LogP contribution in [0.1, 0.15) is 30.7 Å². The number of nitrogens with two attached hydrogens (primary N) is 1. The van der Waals surface area contributed by atoms with Gasteiger partial charge in [0.05, 0.1) is 23.5 Å². The van der Waals surface area contributed by atoms with Crippen molar-refractivity contribution in [3.05, 3.63) is 76.1 Å². The number of hydrogen-bond donors (Lipinski definition) is 1. The van der Waals surface area contributed by atoms with Gasteiger partial charge in [-0.05, 0) is 43.7 Å². The van der Waals surface area contributed by atoms with Crippen LogP contribution in [0.4, 0.5) is 14.5 Å². The van der Waals surface area contributed by atoms with E-state index in [-0.39, 0.29) is 36.4 Å². The maximum absolute atomic E-state index is 14.2. The summed E-state index contributed by atoms with van der Waals surface area (Å²) in [6, 6.07) is 9.34. The summed E-state index contributed by atoms with van der Waals surface area (Å²) in [4.78, 5) is 33.6. The Labute approximate surface area is 212 Å². The molecule has 10 heteroatoms. The molecule has 188 valence electrons. The quantitative estimate of drug-likeness (QED) is 0.389. The molecular weight excluding hydrogens is 490 g/mol. The highest BCUT2D eigenvalue weighted by Crippen LogP contribution is 2.33. The Morgan fingerprint density at radius 3 is 2.67 bits per heavy atom. The smallest absolute Gasteiger partial charge is 0.220 e. The Hall–Kier alpha value is -3.85. The number of rotatable bonds is 9. The van der Waals surface area contributed by atoms with Gasteiger partial charge in [-0.25, -0.2) is 13.8 Å². The first-order valence-electron chi connectivity index (χ1n) is 11.0. The molecule has 2 N–H and O–H groups in total. The predicted molar refractivity (Wildman–Crippen MR) is 136 cm³/mol. The fraction of sp³-hybridized carbons (Fsp3) is 0.231. The standard InChI is InChI=1S/C26H25ClF2N4O3/c1-15-7-24(31-11-20(29)10-30)21-5-4-6-25(26(21)32-15)36-14-22-18(8-19(28)9-23(22)27)13-33(17(3)35)12-16(2)34/h4-11H,12-14,30H2,1-3H3/b20-10+,31-11?. The summed E-state index contributed by atoms with van der Waals surface area (Å²) in [5.41, 5.74) is 7.64. The summed E-state index contributed by atoms with van der Waals surface area (Å²) in [5.74, 6) is -1.40. The number of aryl methyl sites for hydroxylation is 1. The van der Waals surface area contributed by atoms with Crippen LogP contribution in [0.2, 0.25) is 5.02 Å². The lowest BCUT2D eigenvalue weighted by atomic mass is 10.1. The lowest BCUT2D eigenvalue weighted by molar-refractivity contribution is -0.133. The first kappa shape index (κ1) is 26.7. The summed E-state index contributed by atoms with van der Waals surface area (Å²) >= 11 is 6.35. The van der Waals surface area contributed by atoms with Crippen LogP contribution in [0.5, 0.6) is 5.75 Å². The Balaban J connectivity index is 1.98. The zero-order valence-electron chi connectivity index (χ0n) is 20.0. The molecule has 0 unspecified atom stereocenters. The number of nitrogens with zero attached hydrogens (tertiary/aromatic N) is 3. The van der Waals surface area contributed by atoms with Crippen LogP contribution in [-0.4, -0.2) is 34.3 Å². The average Bonchev–Trinajstić information content (AvgIpc) is 2.81. The van der Waals surface area contributed by atoms with Crippen molar-refractivity contribution in [1.82, 2.24) is 9.88 Å². The molecule has 7 nitrogen and oxygen atoms in total. The molecule has 0 saturated carbocycles. The van der Waals surface area contributed by atoms with E-state index in [2.05, 4.69) is 9.98 Å². The van der Waals surface area contributed by atoms with Crippen LogP contribution in [0.25, 0.3) is 10.9 Å². The molecule has 3 aromatic rings. The molecule has 0 saturated heterocycles. The first-order chi connectivity index (χ1) is 17.1. The van der Waals surface area contributed by atoms with Crippen LogP contribution in [-0.2, 0) is 22.7 Å². The van der Waals surface area contributed by atoms with Gasteiger partial charge in [0.2, 0.25) is 5.91 Å². The number of Topliss-reactive ketones (excluding diaryl/α,β-unsaturated/α-hetero) is 1. The zero-order valence-corrected chi connectivity index (χ0v) is 20.8. The molecule has 0 aliphatic heterocycles. The number of amides is 1. The van der Waals surface area contributed by atoms with Crippen molar-refractivity contribution in [3.63, 3.8) is 0 Å². The Kier molecular flexibility index (Phi) is 8.71. The molecule has 1 amide bonds. The van der Waals surface area contributed by atoms with Crippen molar-refractivity contribution in [2.24, 2.45) is 10.7 Å². The number of carbonyl (C=O) groups excluding carboxylic acids is 2. The summed E-state index contributed by atoms with van der Waals surface area (Å²) in [6.45, 7) is 4.28. The van der Waals surface area contributed by atoms with Crippen LogP contribution in [0.15, 0.2) is 53.4 Å². The minimum absolute atomic E-state index is 0.0168. The number of hydrogen-bond acceptors (Lipinski definition) is 6. The number of ketones is 1. The van der Waals surface area contributed by atoms with E-state index in [9.17, 15) is 18.4 Å². The molecule has 0 aliphatic carbocycles. The Morgan fingerprint density at radius 1 is 1.25 bits per heavy atom. The molecule has 0 radical (unpaired) electrons. The fourth-order valence-electron chi connectivity index (χ4n) is 3.59. The molecule has 0 bridgehead atoms. The van der Waals surface area contributed by atoms with Crippen LogP contribution in [0, 0.1) is 12.7 Å². The number of aliphatic imine (C=N–C) groups is 1. The van der Waals surface area contributed by atoms with Gasteiger partial charge in [-0.2, -0.15) is 0 Å². The molecule has 0 spiro atoms. The average molecular weight is 515 g/mol. The third kappa shape index (κ3) is 6.63. The van der Waals surface area contributed by atoms with E-state index in [0.717, 1.165) is 18.5 Å². The van der Waals surface area contributed by atoms with Crippen LogP contribution in [0.3, 0.4) is 0 Å². The molecule has 0 aliphatic rings. The second-order valence-corrected chi connectivity index (χ2v) is 8.54. The van der Waals surface area contributed by atoms with E-state index in [1.54, 1.807) is 31.2 Å². The maximum Gasteiger partial charge on any atom is 0.220 e. The number of pyridine rings is 1. The van der Waals surface area contributed by atoms with E-state index in [1.807, 2.05) is 0 Å². The van der Waals surface area contributed by atoms with E-state index >= 15 is 0 Å². The van der Waals surface area contributed by atoms with Crippen molar-refractivity contribution in [3.8, 4) is 5.75 Å². The monoisotopic (exact) mass is 514 g/mol. The third-order valence-electron chi connectivity index (χ3n) is 5.24. The van der Waals surface area contributed by atoms with Gasteiger partial charge in [0.25, 0.3) is 0 Å². The lowest BCUT2D eigenvalue weighted by Gasteiger charge is -2.22. The second kappa shape index (κ2) is 11.7. The van der Waals surface area contributed by atoms with Crippen molar-refractivity contribution < 1.29 is 23.1 Å². The topological polar surface area (TPSA) is 97.9 Å². The highest BCUT2D eigenvalue weighted by Gasteiger charge is 2.18. The Morgan fingerprint density at radius 2 is 2.00 bits per heavy atom. The number of benzene rings is 2. The van der Waals surface area contributed by atoms with Gasteiger partial charge in [0.15, 0.2) is 5.83 Å². The third-order valence-corrected chi connectivity index (χ3v) is 5.58. The summed E-state index contributed by atoms with van der Waals surface area (Å²) in [7, 11) is 0. The normalized spacial score (nSPS) is 11.8. The molecule has 3 rings (SSSR count). The van der Waals surface area contributed by atoms with E-state index in [0.29, 0.717) is 39.2 Å². The molecule has 36 heavy (non-hydrogen) atoms. The highest BCUT2D eigenvalue weighted by atomic mass is 35.5. The van der Waals surface area contributed by atoms with Gasteiger partial charge >= 0.3 is 0 Å². The van der Waals surface area contributed by atoms with Crippen molar-refractivity contribution in [1.29, 1.82) is 0 Å². The molecule has 2 aromatic carbocycles. The molecule has 1 heterocycles. The van der Waals surface area contributed by atoms with Crippen molar-refractivity contribution in [2.75, 3.05) is 6.54 Å². The van der Waals surface area contributed by atoms with E-state index in [4.69, 9.17) is 22.1 Å². The summed E-state index contributed by atoms with van der Waals surface area (Å²) in [6.07, 6.45) is 1.82. The van der Waals surface area contributed by atoms with Gasteiger partial charge in [-0.1, -0.05) is 23.7 Å². The highest BCUT2D eigenvalue weighted by molar-refractivity contribution is 6.31. The molecule has 0 fully saturated rings. The van der Waals surface area contributed by atoms with E-state index in [1.165, 1.54) is 24.8 Å². The number of carbonyl (C=O) groups is 2. The van der Waals surface area contributed by atoms with Crippen LogP contribution >= 0.6 is 11.6 Å². The van der Waals surface area contributed by atoms with Gasteiger partial charge in [0.1, 0.15) is 29.5 Å². The van der Waals surface area contributed by atoms with Gasteiger partial charge in [-0.3, -0.25) is 14.6 Å². The van der Waals surface area contributed by atoms with Gasteiger partial charge < -0.3 is 15.4 Å². The number of allylic oxidation sites excluding steroid dienone is 1. The lowest BCUT2D eigenvalue weighted by Crippen LogP contribution is -2.33. The number of halogens is 3. The molecule has 1 aromatic heterocycles. The predicted octanol–water partition coefficient (Wildman–Crippen LogP) is 5.32. The molecule has 0 atom stereocenters. The van der Waals surface area contributed by atoms with Crippen molar-refractivity contribution in [2.45, 2.75) is 33.9 Å². The van der Waals surface area contributed by atoms with Crippen LogP contribution < -0.4 is 10.5 Å². The zero-order chi connectivity index (χ0) is 26.4. The van der Waals surface area contributed by atoms with Gasteiger partial charge in [-0.15, -0.1) is 0 Å².